The van der Waals surface area contributed by atoms with Crippen LogP contribution in [0.2, 0.25) is 0 Å². The summed E-state index contributed by atoms with van der Waals surface area (Å²) in [6.07, 6.45) is 13.5. The van der Waals surface area contributed by atoms with Gasteiger partial charge in [-0.2, -0.15) is 4.98 Å². The second kappa shape index (κ2) is 8.68. The van der Waals surface area contributed by atoms with Crippen LogP contribution >= 0.6 is 0 Å². The highest BCUT2D eigenvalue weighted by atomic mass is 32.2. The third-order valence-corrected chi connectivity index (χ3v) is 9.35. The summed E-state index contributed by atoms with van der Waals surface area (Å²) in [6.45, 7) is 3.29. The lowest BCUT2D eigenvalue weighted by Crippen LogP contribution is -2.54. The molecule has 0 spiro atoms. The molecule has 2 aromatic heterocycles. The average molecular weight is 481 g/mol. The number of aliphatic hydroxyl groups is 1. The Hall–Kier alpha value is -2.39. The average Bonchev–Trinajstić information content (AvgIpc) is 3.67. The predicted octanol–water partition coefficient (Wildman–Crippen LogP) is 3.21. The fourth-order valence-electron chi connectivity index (χ4n) is 5.22. The van der Waals surface area contributed by atoms with Crippen LogP contribution in [0.3, 0.4) is 0 Å². The van der Waals surface area contributed by atoms with Gasteiger partial charge in [0.05, 0.1) is 28.1 Å². The van der Waals surface area contributed by atoms with Crippen molar-refractivity contribution in [3.63, 3.8) is 0 Å². The Balaban J connectivity index is 1.26. The first-order valence-corrected chi connectivity index (χ1v) is 13.9. The van der Waals surface area contributed by atoms with Gasteiger partial charge in [0, 0.05) is 31.2 Å². The van der Waals surface area contributed by atoms with Crippen molar-refractivity contribution >= 4 is 28.1 Å². The van der Waals surface area contributed by atoms with Gasteiger partial charge in [0.15, 0.2) is 5.82 Å². The molecule has 2 N–H and O–H groups in total. The van der Waals surface area contributed by atoms with Crippen molar-refractivity contribution in [1.29, 1.82) is 0 Å². The molecule has 0 bridgehead atoms. The van der Waals surface area contributed by atoms with Crippen LogP contribution in [-0.2, 0) is 17.2 Å². The highest BCUT2D eigenvalue weighted by molar-refractivity contribution is 7.85. The first-order valence-electron chi connectivity index (χ1n) is 12.5. The molecule has 0 aromatic carbocycles. The molecular formula is C25H32N6O2S. The molecule has 4 heterocycles. The van der Waals surface area contributed by atoms with E-state index in [0.717, 1.165) is 61.5 Å². The predicted molar refractivity (Wildman–Crippen MR) is 132 cm³/mol. The van der Waals surface area contributed by atoms with Crippen molar-refractivity contribution in [2.75, 3.05) is 29.1 Å². The smallest absolute Gasteiger partial charge is 0.227 e. The van der Waals surface area contributed by atoms with Crippen LogP contribution in [-0.4, -0.2) is 59.7 Å². The van der Waals surface area contributed by atoms with Crippen molar-refractivity contribution < 1.29 is 9.32 Å². The summed E-state index contributed by atoms with van der Waals surface area (Å²) >= 11 is 0. The molecule has 2 aliphatic carbocycles. The summed E-state index contributed by atoms with van der Waals surface area (Å²) in [5, 5.41) is 14.0. The van der Waals surface area contributed by atoms with Gasteiger partial charge in [-0.1, -0.05) is 6.08 Å². The molecule has 2 atom stereocenters. The SMILES string of the molecule is CC(O)C1(Nc2nc(N3CC=C(c4ncc(C5CC5)cn4)CC3)nc3c2S(=O)CCC3)CCC1. The van der Waals surface area contributed by atoms with E-state index in [-0.39, 0.29) is 5.54 Å². The van der Waals surface area contributed by atoms with Crippen molar-refractivity contribution in [3.8, 4) is 0 Å². The van der Waals surface area contributed by atoms with Gasteiger partial charge in [-0.3, -0.25) is 4.21 Å². The number of hydrogen-bond donors (Lipinski definition) is 2. The number of hydrogen-bond acceptors (Lipinski definition) is 8. The standard InChI is InChI=1S/C25H32N6O2S/c1-16(32)25(9-3-10-25)30-23-21-20(4-2-13-34(21)33)28-24(29-23)31-11-7-18(8-12-31)22-26-14-19(15-27-22)17-5-6-17/h7,14-17,32H,2-6,8-13H2,1H3,(H,28,29,30). The minimum Gasteiger partial charge on any atom is -0.391 e. The van der Waals surface area contributed by atoms with Crippen molar-refractivity contribution in [2.24, 2.45) is 0 Å². The van der Waals surface area contributed by atoms with Gasteiger partial charge in [-0.25, -0.2) is 15.0 Å². The molecule has 2 aromatic rings. The zero-order valence-corrected chi connectivity index (χ0v) is 20.5. The molecule has 2 unspecified atom stereocenters. The lowest BCUT2D eigenvalue weighted by atomic mass is 9.73. The molecule has 34 heavy (non-hydrogen) atoms. The van der Waals surface area contributed by atoms with E-state index < -0.39 is 16.9 Å². The van der Waals surface area contributed by atoms with Crippen LogP contribution in [0.25, 0.3) is 5.57 Å². The maximum Gasteiger partial charge on any atom is 0.227 e. The highest BCUT2D eigenvalue weighted by Gasteiger charge is 2.43. The molecule has 2 aliphatic heterocycles. The maximum atomic E-state index is 12.9. The van der Waals surface area contributed by atoms with E-state index in [0.29, 0.717) is 30.0 Å². The van der Waals surface area contributed by atoms with Crippen LogP contribution in [0.5, 0.6) is 0 Å². The third-order valence-electron chi connectivity index (χ3n) is 7.81. The van der Waals surface area contributed by atoms with E-state index in [1.54, 1.807) is 0 Å². The van der Waals surface area contributed by atoms with E-state index in [4.69, 9.17) is 9.97 Å². The number of nitrogens with one attached hydrogen (secondary N) is 1. The topological polar surface area (TPSA) is 104 Å². The fourth-order valence-corrected chi connectivity index (χ4v) is 6.55. The number of aliphatic hydroxyl groups excluding tert-OH is 1. The lowest BCUT2D eigenvalue weighted by molar-refractivity contribution is 0.0631. The molecule has 4 aliphatic rings. The molecular weight excluding hydrogens is 448 g/mol. The monoisotopic (exact) mass is 480 g/mol. The summed E-state index contributed by atoms with van der Waals surface area (Å²) in [5.41, 5.74) is 2.91. The van der Waals surface area contributed by atoms with Crippen LogP contribution in [0.4, 0.5) is 11.8 Å². The summed E-state index contributed by atoms with van der Waals surface area (Å²) < 4.78 is 12.9. The van der Waals surface area contributed by atoms with Gasteiger partial charge in [0.1, 0.15) is 10.7 Å². The van der Waals surface area contributed by atoms with Crippen LogP contribution in [0.1, 0.15) is 74.9 Å². The summed E-state index contributed by atoms with van der Waals surface area (Å²) in [6, 6.07) is 0. The summed E-state index contributed by atoms with van der Waals surface area (Å²) in [5.74, 6) is 3.43. The van der Waals surface area contributed by atoms with Crippen LogP contribution in [0.15, 0.2) is 23.4 Å². The number of nitrogens with zero attached hydrogens (tertiary/aromatic N) is 5. The highest BCUT2D eigenvalue weighted by Crippen LogP contribution is 2.41. The zero-order chi connectivity index (χ0) is 23.3. The first-order chi connectivity index (χ1) is 16.5. The number of aryl methyl sites for hydroxylation is 1. The lowest BCUT2D eigenvalue weighted by Gasteiger charge is -2.45. The second-order valence-corrected chi connectivity index (χ2v) is 11.7. The summed E-state index contributed by atoms with van der Waals surface area (Å²) in [4.78, 5) is 21.9. The molecule has 6 rings (SSSR count). The van der Waals surface area contributed by atoms with E-state index >= 15 is 0 Å². The van der Waals surface area contributed by atoms with Crippen molar-refractivity contribution in [1.82, 2.24) is 19.9 Å². The first kappa shape index (κ1) is 22.1. The Bertz CT molecular complexity index is 1140. The Morgan fingerprint density at radius 1 is 1.18 bits per heavy atom. The fraction of sp³-hybridized carbons (Fsp3) is 0.600. The van der Waals surface area contributed by atoms with E-state index in [2.05, 4.69) is 26.3 Å². The van der Waals surface area contributed by atoms with Crippen LogP contribution < -0.4 is 10.2 Å². The number of fused-ring (bicyclic) bond motifs is 1. The summed E-state index contributed by atoms with van der Waals surface area (Å²) in [7, 11) is -1.11. The third kappa shape index (κ3) is 4.02. The molecule has 0 amide bonds. The molecule has 2 fully saturated rings. The van der Waals surface area contributed by atoms with Gasteiger partial charge >= 0.3 is 0 Å². The Labute approximate surface area is 202 Å². The van der Waals surface area contributed by atoms with Crippen molar-refractivity contribution in [3.05, 3.63) is 35.6 Å². The maximum absolute atomic E-state index is 12.9. The molecule has 8 nitrogen and oxygen atoms in total. The van der Waals surface area contributed by atoms with Crippen molar-refractivity contribution in [2.45, 2.75) is 80.7 Å². The normalized spacial score (nSPS) is 24.6. The molecule has 0 radical (unpaired) electrons. The minimum absolute atomic E-state index is 0.389. The van der Waals surface area contributed by atoms with Gasteiger partial charge in [0.25, 0.3) is 0 Å². The molecule has 2 saturated carbocycles. The Morgan fingerprint density at radius 3 is 2.59 bits per heavy atom. The number of rotatable bonds is 6. The zero-order valence-electron chi connectivity index (χ0n) is 19.7. The molecule has 0 saturated heterocycles. The van der Waals surface area contributed by atoms with E-state index in [1.807, 2.05) is 19.3 Å². The van der Waals surface area contributed by atoms with E-state index in [1.165, 1.54) is 24.0 Å². The van der Waals surface area contributed by atoms with Crippen LogP contribution in [0, 0.1) is 0 Å². The molecule has 9 heteroatoms. The Kier molecular flexibility index (Phi) is 5.64. The molecule has 180 valence electrons. The quantitative estimate of drug-likeness (QED) is 0.650. The number of anilines is 2. The largest absolute Gasteiger partial charge is 0.391 e. The minimum atomic E-state index is -1.11. The van der Waals surface area contributed by atoms with E-state index in [9.17, 15) is 9.32 Å². The number of aromatic nitrogens is 4. The Morgan fingerprint density at radius 2 is 1.97 bits per heavy atom. The van der Waals surface area contributed by atoms with Gasteiger partial charge in [0.2, 0.25) is 5.95 Å². The van der Waals surface area contributed by atoms with Gasteiger partial charge in [-0.05, 0) is 75.3 Å². The van der Waals surface area contributed by atoms with Gasteiger partial charge < -0.3 is 15.3 Å². The van der Waals surface area contributed by atoms with Gasteiger partial charge in [-0.15, -0.1) is 0 Å². The second-order valence-electron chi connectivity index (χ2n) is 10.2.